The molecule has 0 atom stereocenters. The number of nitrogens with zero attached hydrogens (tertiary/aromatic N) is 2. The number of nitrogens with one attached hydrogen (secondary N) is 1. The van der Waals surface area contributed by atoms with Crippen LogP contribution in [0.25, 0.3) is 22.4 Å². The monoisotopic (exact) mass is 387 g/mol. The normalized spacial score (nSPS) is 11.3. The van der Waals surface area contributed by atoms with E-state index >= 15 is 0 Å². The molecule has 0 radical (unpaired) electrons. The van der Waals surface area contributed by atoms with Crippen molar-refractivity contribution in [3.63, 3.8) is 0 Å². The van der Waals surface area contributed by atoms with Gasteiger partial charge < -0.3 is 9.88 Å². The number of alkyl halides is 3. The van der Waals surface area contributed by atoms with Crippen molar-refractivity contribution in [2.24, 2.45) is 0 Å². The minimum atomic E-state index is -4.56. The number of halogens is 3. The molecule has 1 aromatic carbocycles. The number of aromatic nitrogens is 2. The largest absolute Gasteiger partial charge is 0.417 e. The van der Waals surface area contributed by atoms with Gasteiger partial charge in [0.2, 0.25) is 11.5 Å². The Morgan fingerprint density at radius 1 is 1.07 bits per heavy atom. The molecule has 0 saturated carbocycles. The first-order valence-electron chi connectivity index (χ1n) is 8.28. The summed E-state index contributed by atoms with van der Waals surface area (Å²) in [7, 11) is 1.55. The highest BCUT2D eigenvalue weighted by Crippen LogP contribution is 2.36. The Morgan fingerprint density at radius 3 is 2.46 bits per heavy atom. The fourth-order valence-electron chi connectivity index (χ4n) is 2.76. The molecule has 8 heteroatoms. The molecule has 0 bridgehead atoms. The number of rotatable bonds is 3. The van der Waals surface area contributed by atoms with Crippen LogP contribution >= 0.6 is 0 Å². The van der Waals surface area contributed by atoms with Gasteiger partial charge in [-0.3, -0.25) is 9.59 Å². The predicted molar refractivity (Wildman–Crippen MR) is 99.8 cm³/mol. The van der Waals surface area contributed by atoms with E-state index < -0.39 is 17.3 Å². The second-order valence-corrected chi connectivity index (χ2v) is 6.17. The summed E-state index contributed by atoms with van der Waals surface area (Å²) in [5.41, 5.74) is -0.485. The minimum Gasteiger partial charge on any atom is -0.322 e. The molecular formula is C20H16F3N3O2. The van der Waals surface area contributed by atoms with Crippen molar-refractivity contribution in [2.75, 3.05) is 11.9 Å². The summed E-state index contributed by atoms with van der Waals surface area (Å²) in [4.78, 5) is 31.6. The van der Waals surface area contributed by atoms with E-state index in [0.29, 0.717) is 16.9 Å². The van der Waals surface area contributed by atoms with Crippen LogP contribution in [0, 0.1) is 0 Å². The van der Waals surface area contributed by atoms with Crippen molar-refractivity contribution < 1.29 is 18.0 Å². The number of H-pyrrole nitrogens is 1. The van der Waals surface area contributed by atoms with Crippen LogP contribution in [0.2, 0.25) is 0 Å². The van der Waals surface area contributed by atoms with E-state index in [1.807, 2.05) is 0 Å². The molecule has 0 fully saturated rings. The van der Waals surface area contributed by atoms with Crippen molar-refractivity contribution in [3.8, 4) is 22.4 Å². The van der Waals surface area contributed by atoms with E-state index in [1.54, 1.807) is 19.2 Å². The second-order valence-electron chi connectivity index (χ2n) is 6.17. The van der Waals surface area contributed by atoms with E-state index in [1.165, 1.54) is 48.4 Å². The van der Waals surface area contributed by atoms with Gasteiger partial charge in [-0.1, -0.05) is 18.2 Å². The van der Waals surface area contributed by atoms with Gasteiger partial charge in [0.25, 0.3) is 0 Å². The lowest BCUT2D eigenvalue weighted by molar-refractivity contribution is -0.137. The Labute approximate surface area is 158 Å². The van der Waals surface area contributed by atoms with Gasteiger partial charge in [0.05, 0.1) is 5.56 Å². The van der Waals surface area contributed by atoms with Crippen molar-refractivity contribution >= 4 is 11.7 Å². The number of carbonyl (C=O) groups is 1. The summed E-state index contributed by atoms with van der Waals surface area (Å²) in [6, 6.07) is 11.0. The van der Waals surface area contributed by atoms with Gasteiger partial charge in [-0.05, 0) is 35.4 Å². The molecule has 1 amide bonds. The topological polar surface area (TPSA) is 66.1 Å². The number of hydrogen-bond acceptors (Lipinski definition) is 3. The maximum atomic E-state index is 13.3. The maximum absolute atomic E-state index is 13.3. The molecule has 1 N–H and O–H groups in total. The zero-order chi connectivity index (χ0) is 20.5. The van der Waals surface area contributed by atoms with Crippen LogP contribution in [0.1, 0.15) is 12.5 Å². The smallest absolute Gasteiger partial charge is 0.322 e. The Hall–Kier alpha value is -3.42. The van der Waals surface area contributed by atoms with Crippen LogP contribution in [0.5, 0.6) is 0 Å². The molecule has 0 spiro atoms. The summed E-state index contributed by atoms with van der Waals surface area (Å²) >= 11 is 0. The molecule has 0 saturated heterocycles. The van der Waals surface area contributed by atoms with Gasteiger partial charge in [0.15, 0.2) is 0 Å². The number of aromatic amines is 1. The van der Waals surface area contributed by atoms with E-state index in [4.69, 9.17) is 0 Å². The zero-order valence-electron chi connectivity index (χ0n) is 15.0. The number of benzene rings is 1. The Balaban J connectivity index is 2.14. The van der Waals surface area contributed by atoms with Crippen molar-refractivity contribution in [3.05, 3.63) is 70.6 Å². The standard InChI is InChI=1S/C20H16F3N3O2/c1-12(27)26(2)18-10-13(7-8-24-18)14-9-17(25-19(28)11-14)15-5-3-4-6-16(15)20(21,22)23/h3-11H,1-2H3,(H,25,28). The van der Waals surface area contributed by atoms with Gasteiger partial charge in [-0.25, -0.2) is 4.98 Å². The fraction of sp³-hybridized carbons (Fsp3) is 0.150. The maximum Gasteiger partial charge on any atom is 0.417 e. The van der Waals surface area contributed by atoms with Gasteiger partial charge in [0, 0.05) is 37.5 Å². The third-order valence-electron chi connectivity index (χ3n) is 4.26. The number of hydrogen-bond donors (Lipinski definition) is 1. The van der Waals surface area contributed by atoms with Crippen LogP contribution in [0.4, 0.5) is 19.0 Å². The van der Waals surface area contributed by atoms with E-state index in [0.717, 1.165) is 6.07 Å². The highest BCUT2D eigenvalue weighted by molar-refractivity contribution is 5.90. The summed E-state index contributed by atoms with van der Waals surface area (Å²) in [6.45, 7) is 1.38. The SMILES string of the molecule is CC(=O)N(C)c1cc(-c2cc(-c3ccccc3C(F)(F)F)[nH]c(=O)c2)ccn1. The molecule has 0 aliphatic rings. The average molecular weight is 387 g/mol. The Bertz CT molecular complexity index is 1090. The number of anilines is 1. The van der Waals surface area contributed by atoms with Crippen molar-refractivity contribution in [1.82, 2.24) is 9.97 Å². The van der Waals surface area contributed by atoms with Crippen molar-refractivity contribution in [1.29, 1.82) is 0 Å². The average Bonchev–Trinajstić information content (AvgIpc) is 2.66. The second kappa shape index (κ2) is 7.30. The molecule has 5 nitrogen and oxygen atoms in total. The first-order valence-corrected chi connectivity index (χ1v) is 8.28. The van der Waals surface area contributed by atoms with E-state index in [-0.39, 0.29) is 17.2 Å². The lowest BCUT2D eigenvalue weighted by Gasteiger charge is -2.15. The van der Waals surface area contributed by atoms with Crippen LogP contribution in [0.3, 0.4) is 0 Å². The molecule has 0 unspecified atom stereocenters. The van der Waals surface area contributed by atoms with Gasteiger partial charge >= 0.3 is 6.18 Å². The molecule has 0 aliphatic carbocycles. The third kappa shape index (κ3) is 3.95. The van der Waals surface area contributed by atoms with Crippen LogP contribution in [0.15, 0.2) is 59.5 Å². The molecule has 3 rings (SSSR count). The van der Waals surface area contributed by atoms with Gasteiger partial charge in [0.1, 0.15) is 5.82 Å². The predicted octanol–water partition coefficient (Wildman–Crippen LogP) is 4.11. The Kier molecular flexibility index (Phi) is 5.04. The fourth-order valence-corrected chi connectivity index (χ4v) is 2.76. The number of amides is 1. The minimum absolute atomic E-state index is 0.0497. The molecule has 0 aliphatic heterocycles. The summed E-state index contributed by atoms with van der Waals surface area (Å²) in [6.07, 6.45) is -3.09. The molecule has 2 heterocycles. The quantitative estimate of drug-likeness (QED) is 0.736. The lowest BCUT2D eigenvalue weighted by Crippen LogP contribution is -2.23. The van der Waals surface area contributed by atoms with Crippen LogP contribution < -0.4 is 10.5 Å². The summed E-state index contributed by atoms with van der Waals surface area (Å²) in [5.74, 6) is 0.137. The Morgan fingerprint density at radius 2 is 1.79 bits per heavy atom. The van der Waals surface area contributed by atoms with Crippen LogP contribution in [-0.4, -0.2) is 22.9 Å². The summed E-state index contributed by atoms with van der Waals surface area (Å²) in [5, 5.41) is 0. The zero-order valence-corrected chi connectivity index (χ0v) is 15.0. The molecule has 28 heavy (non-hydrogen) atoms. The summed E-state index contributed by atoms with van der Waals surface area (Å²) < 4.78 is 40.0. The molecule has 2 aromatic heterocycles. The third-order valence-corrected chi connectivity index (χ3v) is 4.26. The first-order chi connectivity index (χ1) is 13.2. The molecule has 3 aromatic rings. The van der Waals surface area contributed by atoms with Crippen LogP contribution in [-0.2, 0) is 11.0 Å². The lowest BCUT2D eigenvalue weighted by atomic mass is 10.00. The molecule has 144 valence electrons. The van der Waals surface area contributed by atoms with E-state index in [9.17, 15) is 22.8 Å². The number of carbonyl (C=O) groups excluding carboxylic acids is 1. The highest BCUT2D eigenvalue weighted by atomic mass is 19.4. The highest BCUT2D eigenvalue weighted by Gasteiger charge is 2.33. The first kappa shape index (κ1) is 19.3. The van der Waals surface area contributed by atoms with Gasteiger partial charge in [-0.2, -0.15) is 13.2 Å². The van der Waals surface area contributed by atoms with Gasteiger partial charge in [-0.15, -0.1) is 0 Å². The van der Waals surface area contributed by atoms with E-state index in [2.05, 4.69) is 9.97 Å². The van der Waals surface area contributed by atoms with Crippen molar-refractivity contribution in [2.45, 2.75) is 13.1 Å². The number of pyridine rings is 2. The molecular weight excluding hydrogens is 371 g/mol.